The van der Waals surface area contributed by atoms with Gasteiger partial charge in [0, 0.05) is 6.04 Å². The van der Waals surface area contributed by atoms with E-state index in [9.17, 15) is 0 Å². The van der Waals surface area contributed by atoms with Gasteiger partial charge in [0.25, 0.3) is 0 Å². The molecule has 15 heavy (non-hydrogen) atoms. The van der Waals surface area contributed by atoms with Crippen molar-refractivity contribution in [1.82, 2.24) is 5.32 Å². The molecular weight excluding hydrogens is 182 g/mol. The van der Waals surface area contributed by atoms with E-state index >= 15 is 0 Å². The van der Waals surface area contributed by atoms with Crippen molar-refractivity contribution in [3.63, 3.8) is 0 Å². The number of hydrogen-bond donors (Lipinski definition) is 1. The highest BCUT2D eigenvalue weighted by Gasteiger charge is 2.22. The fourth-order valence-corrected chi connectivity index (χ4v) is 2.92. The lowest BCUT2D eigenvalue weighted by atomic mass is 9.82. The quantitative estimate of drug-likeness (QED) is 0.624. The van der Waals surface area contributed by atoms with Crippen molar-refractivity contribution >= 4 is 0 Å². The number of nitrogens with one attached hydrogen (secondary N) is 1. The summed E-state index contributed by atoms with van der Waals surface area (Å²) >= 11 is 0. The Balaban J connectivity index is 2.26. The largest absolute Gasteiger partial charge is 0.314 e. The third-order valence-electron chi connectivity index (χ3n) is 3.80. The average molecular weight is 211 g/mol. The Morgan fingerprint density at radius 1 is 1.07 bits per heavy atom. The Morgan fingerprint density at radius 2 is 1.80 bits per heavy atom. The fourth-order valence-electron chi connectivity index (χ4n) is 2.92. The lowest BCUT2D eigenvalue weighted by molar-refractivity contribution is 0.256. The van der Waals surface area contributed by atoms with Gasteiger partial charge in [0.2, 0.25) is 0 Å². The Labute approximate surface area is 96.0 Å². The lowest BCUT2D eigenvalue weighted by Gasteiger charge is -2.31. The minimum atomic E-state index is 0.821. The predicted molar refractivity (Wildman–Crippen MR) is 68.2 cm³/mol. The van der Waals surface area contributed by atoms with Crippen LogP contribution in [0.2, 0.25) is 0 Å². The van der Waals surface area contributed by atoms with E-state index in [2.05, 4.69) is 19.2 Å². The summed E-state index contributed by atoms with van der Waals surface area (Å²) in [5.41, 5.74) is 0. The van der Waals surface area contributed by atoms with Crippen LogP contribution < -0.4 is 5.32 Å². The highest BCUT2D eigenvalue weighted by atomic mass is 14.9. The van der Waals surface area contributed by atoms with E-state index in [1.807, 2.05) is 0 Å². The van der Waals surface area contributed by atoms with Crippen LogP contribution in [0.25, 0.3) is 0 Å². The molecule has 0 spiro atoms. The maximum atomic E-state index is 3.71. The Bertz CT molecular complexity index is 138. The molecule has 0 saturated heterocycles. The highest BCUT2D eigenvalue weighted by Crippen LogP contribution is 2.28. The van der Waals surface area contributed by atoms with Crippen LogP contribution in [0.5, 0.6) is 0 Å². The first-order chi connectivity index (χ1) is 7.38. The molecule has 1 heteroatoms. The van der Waals surface area contributed by atoms with Gasteiger partial charge in [0.05, 0.1) is 0 Å². The summed E-state index contributed by atoms with van der Waals surface area (Å²) in [6.45, 7) is 5.69. The third kappa shape index (κ3) is 5.01. The molecule has 1 aliphatic carbocycles. The zero-order valence-corrected chi connectivity index (χ0v) is 10.7. The van der Waals surface area contributed by atoms with E-state index in [0.29, 0.717) is 0 Å². The molecule has 1 rings (SSSR count). The first-order valence-corrected chi connectivity index (χ1v) is 7.11. The molecule has 1 fully saturated rings. The van der Waals surface area contributed by atoms with Crippen LogP contribution in [0.15, 0.2) is 0 Å². The number of hydrogen-bond acceptors (Lipinski definition) is 1. The van der Waals surface area contributed by atoms with Crippen LogP contribution in [-0.2, 0) is 0 Å². The molecule has 0 aliphatic heterocycles. The van der Waals surface area contributed by atoms with E-state index in [-0.39, 0.29) is 0 Å². The van der Waals surface area contributed by atoms with E-state index in [0.717, 1.165) is 18.5 Å². The monoisotopic (exact) mass is 211 g/mol. The summed E-state index contributed by atoms with van der Waals surface area (Å²) < 4.78 is 0. The molecule has 0 aromatic carbocycles. The van der Waals surface area contributed by atoms with Crippen molar-refractivity contribution < 1.29 is 0 Å². The normalized spacial score (nSPS) is 20.4. The molecule has 0 bridgehead atoms. The second-order valence-corrected chi connectivity index (χ2v) is 5.06. The van der Waals surface area contributed by atoms with E-state index in [4.69, 9.17) is 0 Å². The van der Waals surface area contributed by atoms with E-state index < -0.39 is 0 Å². The van der Waals surface area contributed by atoms with Gasteiger partial charge in [-0.2, -0.15) is 0 Å². The summed E-state index contributed by atoms with van der Waals surface area (Å²) in [6, 6.07) is 0.821. The van der Waals surface area contributed by atoms with Crippen molar-refractivity contribution in [2.24, 2.45) is 5.92 Å². The maximum absolute atomic E-state index is 3.71. The van der Waals surface area contributed by atoms with Crippen LogP contribution in [0.1, 0.15) is 71.6 Å². The van der Waals surface area contributed by atoms with Crippen LogP contribution in [0, 0.1) is 5.92 Å². The summed E-state index contributed by atoms with van der Waals surface area (Å²) in [7, 11) is 0. The summed E-state index contributed by atoms with van der Waals surface area (Å²) in [5, 5.41) is 3.71. The average Bonchev–Trinajstić information content (AvgIpc) is 2.29. The third-order valence-corrected chi connectivity index (χ3v) is 3.80. The van der Waals surface area contributed by atoms with Gasteiger partial charge in [-0.15, -0.1) is 0 Å². The topological polar surface area (TPSA) is 12.0 Å². The fraction of sp³-hybridized carbons (Fsp3) is 1.00. The minimum absolute atomic E-state index is 0.821. The van der Waals surface area contributed by atoms with Crippen molar-refractivity contribution in [1.29, 1.82) is 0 Å². The first kappa shape index (κ1) is 13.0. The summed E-state index contributed by atoms with van der Waals surface area (Å²) in [5.74, 6) is 0.982. The van der Waals surface area contributed by atoms with Crippen molar-refractivity contribution in [2.45, 2.75) is 77.7 Å². The maximum Gasteiger partial charge on any atom is 0.00952 e. The molecule has 0 amide bonds. The van der Waals surface area contributed by atoms with Crippen LogP contribution >= 0.6 is 0 Å². The second-order valence-electron chi connectivity index (χ2n) is 5.06. The summed E-state index contributed by atoms with van der Waals surface area (Å²) in [6.07, 6.45) is 13.0. The van der Waals surface area contributed by atoms with E-state index in [1.165, 1.54) is 57.8 Å². The molecule has 0 aromatic heterocycles. The molecule has 1 nitrogen and oxygen atoms in total. The van der Waals surface area contributed by atoms with E-state index in [1.54, 1.807) is 0 Å². The predicted octanol–water partition coefficient (Wildman–Crippen LogP) is 4.13. The lowest BCUT2D eigenvalue weighted by Crippen LogP contribution is -2.37. The number of unbranched alkanes of at least 4 members (excludes halogenated alkanes) is 2. The molecule has 0 radical (unpaired) electrons. The molecule has 1 atom stereocenters. The van der Waals surface area contributed by atoms with Gasteiger partial charge < -0.3 is 5.32 Å². The van der Waals surface area contributed by atoms with Gasteiger partial charge in [-0.05, 0) is 31.7 Å². The van der Waals surface area contributed by atoms with Crippen molar-refractivity contribution in [3.05, 3.63) is 0 Å². The van der Waals surface area contributed by atoms with Gasteiger partial charge >= 0.3 is 0 Å². The van der Waals surface area contributed by atoms with Crippen molar-refractivity contribution in [3.8, 4) is 0 Å². The molecule has 90 valence electrons. The molecule has 1 N–H and O–H groups in total. The summed E-state index contributed by atoms with van der Waals surface area (Å²) in [4.78, 5) is 0. The van der Waals surface area contributed by atoms with Crippen LogP contribution in [0.4, 0.5) is 0 Å². The Hall–Kier alpha value is -0.0400. The standard InChI is InChI=1S/C14H29N/c1-3-5-7-12-14(15-4-2)13-10-8-6-9-11-13/h13-15H,3-12H2,1-2H3. The SMILES string of the molecule is CCCCCC(NCC)C1CCCCC1. The minimum Gasteiger partial charge on any atom is -0.314 e. The Morgan fingerprint density at radius 3 is 2.40 bits per heavy atom. The first-order valence-electron chi connectivity index (χ1n) is 7.11. The van der Waals surface area contributed by atoms with Gasteiger partial charge in [-0.3, -0.25) is 0 Å². The zero-order valence-electron chi connectivity index (χ0n) is 10.7. The second kappa shape index (κ2) is 8.15. The molecule has 0 aromatic rings. The van der Waals surface area contributed by atoms with Crippen LogP contribution in [-0.4, -0.2) is 12.6 Å². The number of rotatable bonds is 7. The van der Waals surface area contributed by atoms with Gasteiger partial charge in [0.15, 0.2) is 0 Å². The van der Waals surface area contributed by atoms with Gasteiger partial charge in [0.1, 0.15) is 0 Å². The molecule has 1 aliphatic rings. The van der Waals surface area contributed by atoms with Gasteiger partial charge in [-0.25, -0.2) is 0 Å². The van der Waals surface area contributed by atoms with Crippen molar-refractivity contribution in [2.75, 3.05) is 6.54 Å². The molecule has 0 heterocycles. The smallest absolute Gasteiger partial charge is 0.00952 e. The van der Waals surface area contributed by atoms with Crippen LogP contribution in [0.3, 0.4) is 0 Å². The Kier molecular flexibility index (Phi) is 7.08. The molecule has 1 unspecified atom stereocenters. The molecule has 1 saturated carbocycles. The van der Waals surface area contributed by atoms with Gasteiger partial charge in [-0.1, -0.05) is 52.4 Å². The molecular formula is C14H29N. The zero-order chi connectivity index (χ0) is 10.9. The highest BCUT2D eigenvalue weighted by molar-refractivity contribution is 4.78.